The molecule has 10 heteroatoms. The molecule has 4 aromatic rings. The van der Waals surface area contributed by atoms with Gasteiger partial charge >= 0.3 is 5.88 Å². The van der Waals surface area contributed by atoms with Crippen molar-refractivity contribution in [2.45, 2.75) is 6.42 Å². The van der Waals surface area contributed by atoms with Crippen molar-refractivity contribution in [3.63, 3.8) is 0 Å². The number of nitrogens with one attached hydrogen (secondary N) is 1. The number of carbonyl (C=O) groups is 1. The van der Waals surface area contributed by atoms with E-state index in [1.165, 1.54) is 6.07 Å². The van der Waals surface area contributed by atoms with E-state index in [9.17, 15) is 14.9 Å². The van der Waals surface area contributed by atoms with Gasteiger partial charge in [0.25, 0.3) is 5.91 Å². The number of carbonyl (C=O) groups excluding carboxylic acids is 1. The monoisotopic (exact) mass is 391 g/mol. The van der Waals surface area contributed by atoms with Gasteiger partial charge in [0.1, 0.15) is 4.92 Å². The largest absolute Gasteiger partial charge is 0.433 e. The van der Waals surface area contributed by atoms with Gasteiger partial charge in [-0.15, -0.1) is 0 Å². The molecule has 0 spiro atoms. The number of benzene rings is 1. The Balaban J connectivity index is 1.52. The van der Waals surface area contributed by atoms with Crippen molar-refractivity contribution in [2.24, 2.45) is 0 Å². The fraction of sp³-hybridized carbons (Fsp3) is 0.0526. The van der Waals surface area contributed by atoms with E-state index >= 15 is 0 Å². The molecule has 144 valence electrons. The molecule has 0 atom stereocenters. The minimum Gasteiger partial charge on any atom is -0.395 e. The molecule has 0 saturated carbocycles. The smallest absolute Gasteiger partial charge is 0.395 e. The van der Waals surface area contributed by atoms with Crippen molar-refractivity contribution in [1.29, 1.82) is 0 Å². The minimum atomic E-state index is -0.708. The van der Waals surface area contributed by atoms with Gasteiger partial charge in [-0.1, -0.05) is 23.4 Å². The van der Waals surface area contributed by atoms with Crippen LogP contribution in [0.25, 0.3) is 11.4 Å². The third kappa shape index (κ3) is 4.00. The second-order valence-corrected chi connectivity index (χ2v) is 5.93. The van der Waals surface area contributed by atoms with Crippen LogP contribution in [0, 0.1) is 10.1 Å². The first-order valence-electron chi connectivity index (χ1n) is 8.46. The minimum absolute atomic E-state index is 0.163. The summed E-state index contributed by atoms with van der Waals surface area (Å²) in [4.78, 5) is 30.7. The number of amides is 1. The van der Waals surface area contributed by atoms with Gasteiger partial charge in [-0.05, 0) is 29.8 Å². The second kappa shape index (κ2) is 7.72. The lowest BCUT2D eigenvalue weighted by atomic mass is 10.1. The van der Waals surface area contributed by atoms with Gasteiger partial charge in [-0.25, -0.2) is 0 Å². The van der Waals surface area contributed by atoms with Crippen molar-refractivity contribution < 1.29 is 18.7 Å². The van der Waals surface area contributed by atoms with E-state index < -0.39 is 16.7 Å². The summed E-state index contributed by atoms with van der Waals surface area (Å²) < 4.78 is 10.2. The number of hydrogen-bond acceptors (Lipinski definition) is 8. The lowest BCUT2D eigenvalue weighted by Gasteiger charge is -2.08. The highest BCUT2D eigenvalue weighted by molar-refractivity contribution is 6.02. The van der Waals surface area contributed by atoms with Crippen LogP contribution >= 0.6 is 0 Å². The number of para-hydroxylation sites is 1. The summed E-state index contributed by atoms with van der Waals surface area (Å²) in [6.45, 7) is 0. The van der Waals surface area contributed by atoms with Crippen molar-refractivity contribution in [1.82, 2.24) is 15.1 Å². The molecule has 0 fully saturated rings. The van der Waals surface area contributed by atoms with E-state index in [0.29, 0.717) is 17.4 Å². The fourth-order valence-electron chi connectivity index (χ4n) is 2.64. The number of aromatic nitrogens is 3. The van der Waals surface area contributed by atoms with Crippen LogP contribution in [0.1, 0.15) is 22.0 Å². The number of pyridine rings is 1. The number of nitrogens with zero attached hydrogens (tertiary/aromatic N) is 4. The highest BCUT2D eigenvalue weighted by atomic mass is 16.6. The van der Waals surface area contributed by atoms with E-state index in [2.05, 4.69) is 20.4 Å². The Kier molecular flexibility index (Phi) is 4.81. The molecule has 4 rings (SSSR count). The van der Waals surface area contributed by atoms with Crippen LogP contribution in [0.4, 0.5) is 11.6 Å². The Hall–Kier alpha value is -4.34. The Bertz CT molecular complexity index is 1170. The van der Waals surface area contributed by atoms with Crippen molar-refractivity contribution in [3.05, 3.63) is 88.3 Å². The molecule has 0 aliphatic rings. The Morgan fingerprint density at radius 2 is 1.90 bits per heavy atom. The zero-order valence-corrected chi connectivity index (χ0v) is 14.8. The predicted molar refractivity (Wildman–Crippen MR) is 100 cm³/mol. The molecule has 1 aromatic carbocycles. The second-order valence-electron chi connectivity index (χ2n) is 5.93. The van der Waals surface area contributed by atoms with E-state index in [-0.39, 0.29) is 12.2 Å². The lowest BCUT2D eigenvalue weighted by Crippen LogP contribution is -2.12. The molecular formula is C19H13N5O5. The molecule has 1 N–H and O–H groups in total. The van der Waals surface area contributed by atoms with Gasteiger partial charge in [0, 0.05) is 23.6 Å². The van der Waals surface area contributed by atoms with Crippen LogP contribution in [-0.2, 0) is 6.42 Å². The van der Waals surface area contributed by atoms with Crippen LogP contribution in [-0.4, -0.2) is 26.0 Å². The number of anilines is 1. The average molecular weight is 391 g/mol. The fourth-order valence-corrected chi connectivity index (χ4v) is 2.64. The summed E-state index contributed by atoms with van der Waals surface area (Å²) in [5, 5.41) is 17.4. The van der Waals surface area contributed by atoms with Crippen LogP contribution < -0.4 is 5.32 Å². The van der Waals surface area contributed by atoms with Crippen LogP contribution in [0.15, 0.2) is 69.9 Å². The van der Waals surface area contributed by atoms with E-state index in [1.807, 2.05) is 6.07 Å². The van der Waals surface area contributed by atoms with Crippen molar-refractivity contribution >= 4 is 17.5 Å². The molecule has 3 heterocycles. The first kappa shape index (κ1) is 18.0. The van der Waals surface area contributed by atoms with Gasteiger partial charge in [-0.3, -0.25) is 19.9 Å². The van der Waals surface area contributed by atoms with Crippen LogP contribution in [0.5, 0.6) is 0 Å². The third-order valence-electron chi connectivity index (χ3n) is 4.01. The number of hydrogen-bond donors (Lipinski definition) is 1. The molecular weight excluding hydrogens is 378 g/mol. The topological polar surface area (TPSA) is 137 Å². The highest BCUT2D eigenvalue weighted by Crippen LogP contribution is 2.22. The molecule has 0 radical (unpaired) electrons. The summed E-state index contributed by atoms with van der Waals surface area (Å²) >= 11 is 0. The van der Waals surface area contributed by atoms with Crippen molar-refractivity contribution in [3.8, 4) is 11.4 Å². The predicted octanol–water partition coefficient (Wildman–Crippen LogP) is 3.48. The van der Waals surface area contributed by atoms with Gasteiger partial charge in [0.2, 0.25) is 11.7 Å². The Morgan fingerprint density at radius 1 is 1.10 bits per heavy atom. The molecule has 0 aliphatic heterocycles. The molecule has 10 nitrogen and oxygen atoms in total. The van der Waals surface area contributed by atoms with E-state index in [0.717, 1.165) is 17.2 Å². The van der Waals surface area contributed by atoms with Crippen LogP contribution in [0.3, 0.4) is 0 Å². The zero-order chi connectivity index (χ0) is 20.2. The lowest BCUT2D eigenvalue weighted by molar-refractivity contribution is -0.402. The standard InChI is InChI=1S/C19H13N5O5/c25-19(15-5-6-17(28-15)24(26)27)21-14-4-2-1-3-13(14)11-16-22-18(23-29-16)12-7-9-20-10-8-12/h1-10H,11H2,(H,21,25). The van der Waals surface area contributed by atoms with Gasteiger partial charge in [0.15, 0.2) is 5.76 Å². The first-order valence-corrected chi connectivity index (χ1v) is 8.46. The molecule has 0 bridgehead atoms. The molecule has 0 aliphatic carbocycles. The molecule has 0 saturated heterocycles. The average Bonchev–Trinajstić information content (AvgIpc) is 3.40. The van der Waals surface area contributed by atoms with Crippen LogP contribution in [0.2, 0.25) is 0 Å². The molecule has 3 aromatic heterocycles. The molecule has 0 unspecified atom stereocenters. The number of nitro groups is 1. The summed E-state index contributed by atoms with van der Waals surface area (Å²) in [6, 6.07) is 13.0. The number of rotatable bonds is 6. The molecule has 1 amide bonds. The van der Waals surface area contributed by atoms with E-state index in [1.54, 1.807) is 42.7 Å². The van der Waals surface area contributed by atoms with Gasteiger partial charge in [-0.2, -0.15) is 4.98 Å². The maximum atomic E-state index is 12.4. The summed E-state index contributed by atoms with van der Waals surface area (Å²) in [6.07, 6.45) is 3.55. The number of furan rings is 1. The Morgan fingerprint density at radius 3 is 2.66 bits per heavy atom. The van der Waals surface area contributed by atoms with Crippen molar-refractivity contribution in [2.75, 3.05) is 5.32 Å². The van der Waals surface area contributed by atoms with Gasteiger partial charge < -0.3 is 14.3 Å². The summed E-state index contributed by atoms with van der Waals surface area (Å²) in [5.41, 5.74) is 2.00. The third-order valence-corrected chi connectivity index (χ3v) is 4.01. The Labute approximate surface area is 163 Å². The molecule has 29 heavy (non-hydrogen) atoms. The normalized spacial score (nSPS) is 10.6. The maximum Gasteiger partial charge on any atom is 0.433 e. The summed E-state index contributed by atoms with van der Waals surface area (Å²) in [7, 11) is 0. The maximum absolute atomic E-state index is 12.4. The first-order chi connectivity index (χ1) is 14.1. The summed E-state index contributed by atoms with van der Waals surface area (Å²) in [5.74, 6) is -0.463. The zero-order valence-electron chi connectivity index (χ0n) is 14.8. The van der Waals surface area contributed by atoms with E-state index in [4.69, 9.17) is 8.94 Å². The SMILES string of the molecule is O=C(Nc1ccccc1Cc1nc(-c2ccncc2)no1)c1ccc([N+](=O)[O-])o1. The quantitative estimate of drug-likeness (QED) is 0.389. The highest BCUT2D eigenvalue weighted by Gasteiger charge is 2.19. The van der Waals surface area contributed by atoms with Gasteiger partial charge in [0.05, 0.1) is 12.5 Å².